The summed E-state index contributed by atoms with van der Waals surface area (Å²) in [5.74, 6) is 7.00. The molecule has 0 bridgehead atoms. The summed E-state index contributed by atoms with van der Waals surface area (Å²) in [5, 5.41) is 1.28. The summed E-state index contributed by atoms with van der Waals surface area (Å²) in [6.07, 6.45) is 3.63. The molecule has 0 aromatic heterocycles. The molecule has 0 aliphatic carbocycles. The van der Waals surface area contributed by atoms with Crippen molar-refractivity contribution in [2.45, 2.75) is 69.0 Å². The van der Waals surface area contributed by atoms with E-state index in [4.69, 9.17) is 13.9 Å². The molecule has 0 fully saturated rings. The van der Waals surface area contributed by atoms with Crippen LogP contribution in [0.15, 0.2) is 48.5 Å². The van der Waals surface area contributed by atoms with Crippen LogP contribution in [0.3, 0.4) is 0 Å². The van der Waals surface area contributed by atoms with Crippen LogP contribution >= 0.6 is 0 Å². The Kier molecular flexibility index (Phi) is 10.7. The molecule has 2 aromatic carbocycles. The molecule has 2 rings (SSSR count). The fourth-order valence-electron chi connectivity index (χ4n) is 3.66. The molecule has 0 heterocycles. The van der Waals surface area contributed by atoms with Crippen LogP contribution < -0.4 is 13.6 Å². The molecule has 0 saturated carbocycles. The molecular formula is C26H42GeO3Si. The summed E-state index contributed by atoms with van der Waals surface area (Å²) < 4.78 is 19.0. The van der Waals surface area contributed by atoms with Gasteiger partial charge in [0.1, 0.15) is 0 Å². The second kappa shape index (κ2) is 12.7. The molecule has 3 nitrogen and oxygen atoms in total. The number of ether oxygens (including phenoxy) is 2. The summed E-state index contributed by atoms with van der Waals surface area (Å²) in [4.78, 5) is 0. The van der Waals surface area contributed by atoms with Gasteiger partial charge >= 0.3 is 194 Å². The average Bonchev–Trinajstić information content (AvgIpc) is 2.75. The van der Waals surface area contributed by atoms with Crippen molar-refractivity contribution in [1.82, 2.24) is 0 Å². The number of unbranched alkanes of at least 4 members (excludes halogenated alkanes) is 1. The predicted molar refractivity (Wildman–Crippen MR) is 138 cm³/mol. The van der Waals surface area contributed by atoms with Crippen LogP contribution in [0.25, 0.3) is 0 Å². The van der Waals surface area contributed by atoms with Crippen LogP contribution in [0.2, 0.25) is 35.9 Å². The van der Waals surface area contributed by atoms with E-state index in [0.717, 1.165) is 24.5 Å². The van der Waals surface area contributed by atoms with Gasteiger partial charge in [0.05, 0.1) is 0 Å². The number of benzene rings is 2. The minimum absolute atomic E-state index is 0.605. The maximum atomic E-state index is 6.39. The molecule has 172 valence electrons. The Labute approximate surface area is 194 Å². The number of rotatable bonds is 14. The van der Waals surface area contributed by atoms with Gasteiger partial charge < -0.3 is 0 Å². The van der Waals surface area contributed by atoms with E-state index in [2.05, 4.69) is 80.1 Å². The zero-order valence-corrected chi connectivity index (χ0v) is 23.6. The van der Waals surface area contributed by atoms with Crippen molar-refractivity contribution in [2.75, 3.05) is 19.8 Å². The van der Waals surface area contributed by atoms with Crippen molar-refractivity contribution in [3.8, 4) is 11.5 Å². The molecule has 5 heteroatoms. The summed E-state index contributed by atoms with van der Waals surface area (Å²) in [5.41, 5.74) is 1.39. The SMILES string of the molecule is CCCC[Si](C)(C)Oc1cc[c]([Ge]([CH3])([CH3])[CH2]Cc2ccc(OCCOCC)cc2)cc1. The zero-order valence-electron chi connectivity index (χ0n) is 20.5. The first-order valence-corrected chi connectivity index (χ1v) is 21.7. The summed E-state index contributed by atoms with van der Waals surface area (Å²) in [6.45, 7) is 10.9. The molecule has 0 saturated heterocycles. The molecule has 31 heavy (non-hydrogen) atoms. The Bertz CT molecular complexity index is 757. The molecular weight excluding hydrogens is 461 g/mol. The third kappa shape index (κ3) is 9.42. The van der Waals surface area contributed by atoms with Crippen LogP contribution in [-0.2, 0) is 11.2 Å². The van der Waals surface area contributed by atoms with E-state index in [0.29, 0.717) is 13.2 Å². The van der Waals surface area contributed by atoms with Crippen molar-refractivity contribution in [1.29, 1.82) is 0 Å². The van der Waals surface area contributed by atoms with Gasteiger partial charge in [0, 0.05) is 0 Å². The van der Waals surface area contributed by atoms with Crippen molar-refractivity contribution >= 4 is 26.0 Å². The molecule has 0 atom stereocenters. The Balaban J connectivity index is 1.87. The van der Waals surface area contributed by atoms with Gasteiger partial charge in [0.2, 0.25) is 0 Å². The third-order valence-corrected chi connectivity index (χ3v) is 15.3. The van der Waals surface area contributed by atoms with Gasteiger partial charge in [-0.2, -0.15) is 0 Å². The topological polar surface area (TPSA) is 27.7 Å². The molecule has 0 aliphatic rings. The van der Waals surface area contributed by atoms with Gasteiger partial charge in [0.15, 0.2) is 0 Å². The maximum absolute atomic E-state index is 6.39. The second-order valence-corrected chi connectivity index (χ2v) is 24.0. The van der Waals surface area contributed by atoms with Gasteiger partial charge in [0.25, 0.3) is 0 Å². The second-order valence-electron chi connectivity index (χ2n) is 9.56. The van der Waals surface area contributed by atoms with E-state index >= 15 is 0 Å². The van der Waals surface area contributed by atoms with E-state index in [9.17, 15) is 0 Å². The number of hydrogen-bond donors (Lipinski definition) is 0. The van der Waals surface area contributed by atoms with Gasteiger partial charge in [-0.1, -0.05) is 0 Å². The molecule has 0 aliphatic heterocycles. The minimum atomic E-state index is -2.06. The third-order valence-electron chi connectivity index (χ3n) is 5.82. The average molecular weight is 503 g/mol. The van der Waals surface area contributed by atoms with Crippen molar-refractivity contribution in [3.05, 3.63) is 54.1 Å². The molecule has 0 radical (unpaired) electrons. The van der Waals surface area contributed by atoms with E-state index in [1.54, 1.807) is 4.40 Å². The van der Waals surface area contributed by atoms with E-state index in [-0.39, 0.29) is 0 Å². The van der Waals surface area contributed by atoms with Crippen molar-refractivity contribution in [3.63, 3.8) is 0 Å². The Morgan fingerprint density at radius 3 is 2.10 bits per heavy atom. The Hall–Kier alpha value is -1.24. The van der Waals surface area contributed by atoms with Gasteiger partial charge in [-0.3, -0.25) is 0 Å². The standard InChI is InChI=1S/C26H42GeO3Si/c1-7-9-22-31(5,6)30-26-16-12-24(13-17-26)27(3,4)19-18-23-10-14-25(15-11-23)29-21-20-28-8-2/h10-17H,7-9,18-22H2,1-6H3. The van der Waals surface area contributed by atoms with Crippen LogP contribution in [0, 0.1) is 0 Å². The van der Waals surface area contributed by atoms with E-state index in [1.165, 1.54) is 29.7 Å². The number of aryl methyl sites for hydroxylation is 1. The van der Waals surface area contributed by atoms with Crippen LogP contribution in [0.4, 0.5) is 0 Å². The summed E-state index contributed by atoms with van der Waals surface area (Å²) >= 11 is -2.06. The van der Waals surface area contributed by atoms with Crippen molar-refractivity contribution in [2.24, 2.45) is 0 Å². The summed E-state index contributed by atoms with van der Waals surface area (Å²) in [6, 6.07) is 18.9. The van der Waals surface area contributed by atoms with Crippen LogP contribution in [0.5, 0.6) is 11.5 Å². The van der Waals surface area contributed by atoms with Crippen molar-refractivity contribution < 1.29 is 13.9 Å². The van der Waals surface area contributed by atoms with Gasteiger partial charge in [-0.25, -0.2) is 0 Å². The summed E-state index contributed by atoms with van der Waals surface area (Å²) in [7, 11) is -1.61. The van der Waals surface area contributed by atoms with Crippen LogP contribution in [-0.4, -0.2) is 41.4 Å². The zero-order chi connectivity index (χ0) is 22.7. The van der Waals surface area contributed by atoms with Gasteiger partial charge in [-0.15, -0.1) is 0 Å². The Morgan fingerprint density at radius 2 is 1.48 bits per heavy atom. The fourth-order valence-corrected chi connectivity index (χ4v) is 10.5. The first-order valence-electron chi connectivity index (χ1n) is 11.8. The molecule has 0 N–H and O–H groups in total. The first-order chi connectivity index (χ1) is 14.8. The van der Waals surface area contributed by atoms with E-state index < -0.39 is 21.6 Å². The normalized spacial score (nSPS) is 12.1. The molecule has 0 unspecified atom stereocenters. The Morgan fingerprint density at radius 1 is 0.839 bits per heavy atom. The molecule has 0 spiro atoms. The molecule has 2 aromatic rings. The van der Waals surface area contributed by atoms with E-state index in [1.807, 2.05) is 6.92 Å². The predicted octanol–water partition coefficient (Wildman–Crippen LogP) is 6.64. The van der Waals surface area contributed by atoms with Crippen LogP contribution in [0.1, 0.15) is 32.3 Å². The monoisotopic (exact) mass is 504 g/mol. The first kappa shape index (κ1) is 26.0. The van der Waals surface area contributed by atoms with Gasteiger partial charge in [-0.05, 0) is 0 Å². The quantitative estimate of drug-likeness (QED) is 0.214. The fraction of sp³-hybridized carbons (Fsp3) is 0.538. The molecule has 0 amide bonds. The number of hydrogen-bond acceptors (Lipinski definition) is 3.